The van der Waals surface area contributed by atoms with Gasteiger partial charge < -0.3 is 25.8 Å². The Morgan fingerprint density at radius 3 is 2.60 bits per heavy atom. The van der Waals surface area contributed by atoms with Crippen LogP contribution in [0.2, 0.25) is 0 Å². The summed E-state index contributed by atoms with van der Waals surface area (Å²) in [5.74, 6) is 1.11. The summed E-state index contributed by atoms with van der Waals surface area (Å²) in [4.78, 5) is 16.3. The molecule has 0 radical (unpaired) electrons. The minimum Gasteiger partial charge on any atom is -0.396 e. The van der Waals surface area contributed by atoms with Crippen LogP contribution < -0.4 is 16.0 Å². The summed E-state index contributed by atoms with van der Waals surface area (Å²) in [7, 11) is 1.74. The first-order valence-electron chi connectivity index (χ1n) is 9.60. The van der Waals surface area contributed by atoms with Crippen molar-refractivity contribution in [1.29, 1.82) is 0 Å². The lowest BCUT2D eigenvalue weighted by molar-refractivity contribution is -0.125. The highest BCUT2D eigenvalue weighted by Gasteiger charge is 2.34. The van der Waals surface area contributed by atoms with Gasteiger partial charge in [-0.15, -0.1) is 0 Å². The van der Waals surface area contributed by atoms with Crippen LogP contribution >= 0.6 is 0 Å². The predicted molar refractivity (Wildman–Crippen MR) is 98.5 cm³/mol. The van der Waals surface area contributed by atoms with E-state index in [2.05, 4.69) is 20.9 Å². The average molecular weight is 354 g/mol. The number of carbonyl (C=O) groups excluding carboxylic acids is 1. The molecule has 0 bridgehead atoms. The number of guanidine groups is 1. The second kappa shape index (κ2) is 10.6. The van der Waals surface area contributed by atoms with Crippen LogP contribution in [0.5, 0.6) is 0 Å². The first-order valence-corrected chi connectivity index (χ1v) is 9.60. The van der Waals surface area contributed by atoms with E-state index in [1.54, 1.807) is 7.05 Å². The van der Waals surface area contributed by atoms with Gasteiger partial charge in [0.05, 0.1) is 6.61 Å². The van der Waals surface area contributed by atoms with E-state index in [4.69, 9.17) is 4.74 Å². The molecule has 1 atom stereocenters. The fraction of sp³-hybridized carbons (Fsp3) is 0.889. The normalized spacial score (nSPS) is 25.0. The second-order valence-corrected chi connectivity index (χ2v) is 7.25. The van der Waals surface area contributed by atoms with Gasteiger partial charge in [0.25, 0.3) is 0 Å². The highest BCUT2D eigenvalue weighted by Crippen LogP contribution is 2.31. The van der Waals surface area contributed by atoms with E-state index in [0.29, 0.717) is 19.7 Å². The third-order valence-corrected chi connectivity index (χ3v) is 5.37. The molecule has 1 aliphatic carbocycles. The van der Waals surface area contributed by atoms with Crippen molar-refractivity contribution >= 4 is 11.9 Å². The minimum absolute atomic E-state index is 0.0123. The quantitative estimate of drug-likeness (QED) is 0.291. The van der Waals surface area contributed by atoms with Crippen LogP contribution in [0.1, 0.15) is 44.9 Å². The lowest BCUT2D eigenvalue weighted by Gasteiger charge is -2.27. The molecule has 1 aliphatic heterocycles. The summed E-state index contributed by atoms with van der Waals surface area (Å²) < 4.78 is 5.50. The SMILES string of the molecule is CN=C(NCCNC(=O)C1CCCCC1)NCC1(CCO)CCOC1. The number of aliphatic imine (C=N–C) groups is 1. The number of carbonyl (C=O) groups is 1. The summed E-state index contributed by atoms with van der Waals surface area (Å²) in [6.45, 7) is 3.56. The van der Waals surface area contributed by atoms with Crippen molar-refractivity contribution in [1.82, 2.24) is 16.0 Å². The number of nitrogens with one attached hydrogen (secondary N) is 3. The van der Waals surface area contributed by atoms with E-state index in [-0.39, 0.29) is 23.8 Å². The molecule has 2 rings (SSSR count). The molecule has 0 aromatic heterocycles. The zero-order valence-electron chi connectivity index (χ0n) is 15.5. The molecule has 2 aliphatic rings. The third kappa shape index (κ3) is 6.47. The van der Waals surface area contributed by atoms with Crippen molar-refractivity contribution in [3.05, 3.63) is 0 Å². The highest BCUT2D eigenvalue weighted by atomic mass is 16.5. The fourth-order valence-corrected chi connectivity index (χ4v) is 3.68. The van der Waals surface area contributed by atoms with Gasteiger partial charge in [0.15, 0.2) is 5.96 Å². The molecule has 1 heterocycles. The Labute approximate surface area is 151 Å². The van der Waals surface area contributed by atoms with Gasteiger partial charge in [0.1, 0.15) is 0 Å². The Balaban J connectivity index is 1.63. The first kappa shape index (κ1) is 20.0. The molecular weight excluding hydrogens is 320 g/mol. The topological polar surface area (TPSA) is 95.0 Å². The van der Waals surface area contributed by atoms with Crippen LogP contribution in [0.25, 0.3) is 0 Å². The van der Waals surface area contributed by atoms with Gasteiger partial charge in [-0.3, -0.25) is 9.79 Å². The van der Waals surface area contributed by atoms with Crippen molar-refractivity contribution in [3.8, 4) is 0 Å². The minimum atomic E-state index is -0.0123. The third-order valence-electron chi connectivity index (χ3n) is 5.37. The number of amides is 1. The molecule has 0 spiro atoms. The molecule has 1 amide bonds. The first-order chi connectivity index (χ1) is 12.2. The smallest absolute Gasteiger partial charge is 0.223 e. The summed E-state index contributed by atoms with van der Waals surface area (Å²) in [5.41, 5.74) is -0.0123. The maximum atomic E-state index is 12.1. The van der Waals surface area contributed by atoms with E-state index in [1.165, 1.54) is 19.3 Å². The molecular formula is C18H34N4O3. The fourth-order valence-electron chi connectivity index (χ4n) is 3.68. The Kier molecular flexibility index (Phi) is 8.48. The largest absolute Gasteiger partial charge is 0.396 e. The van der Waals surface area contributed by atoms with Crippen molar-refractivity contribution in [2.75, 3.05) is 46.5 Å². The second-order valence-electron chi connectivity index (χ2n) is 7.25. The Morgan fingerprint density at radius 1 is 1.20 bits per heavy atom. The van der Waals surface area contributed by atoms with Gasteiger partial charge in [-0.1, -0.05) is 19.3 Å². The zero-order valence-corrected chi connectivity index (χ0v) is 15.5. The highest BCUT2D eigenvalue weighted by molar-refractivity contribution is 5.80. The maximum Gasteiger partial charge on any atom is 0.223 e. The van der Waals surface area contributed by atoms with Gasteiger partial charge >= 0.3 is 0 Å². The van der Waals surface area contributed by atoms with Crippen molar-refractivity contribution in [2.45, 2.75) is 44.9 Å². The molecule has 144 valence electrons. The Bertz CT molecular complexity index is 430. The number of aliphatic hydroxyl groups is 1. The molecule has 1 saturated heterocycles. The number of hydrogen-bond acceptors (Lipinski definition) is 4. The molecule has 7 heteroatoms. The van der Waals surface area contributed by atoms with Crippen LogP contribution in [0.4, 0.5) is 0 Å². The standard InChI is InChI=1S/C18H34N4O3/c1-19-17(22-13-18(7-11-23)8-12-25-14-18)21-10-9-20-16(24)15-5-3-2-4-6-15/h15,23H,2-14H2,1H3,(H,20,24)(H2,19,21,22). The van der Waals surface area contributed by atoms with E-state index in [0.717, 1.165) is 44.8 Å². The molecule has 0 aromatic carbocycles. The van der Waals surface area contributed by atoms with Crippen molar-refractivity contribution in [2.24, 2.45) is 16.3 Å². The number of ether oxygens (including phenoxy) is 1. The van der Waals surface area contributed by atoms with Crippen LogP contribution in [0, 0.1) is 11.3 Å². The molecule has 1 unspecified atom stereocenters. The molecule has 25 heavy (non-hydrogen) atoms. The number of nitrogens with zero attached hydrogens (tertiary/aromatic N) is 1. The van der Waals surface area contributed by atoms with E-state index in [1.807, 2.05) is 0 Å². The van der Waals surface area contributed by atoms with Crippen LogP contribution in [-0.4, -0.2) is 63.5 Å². The number of aliphatic hydroxyl groups excluding tert-OH is 1. The predicted octanol–water partition coefficient (Wildman–Crippen LogP) is 0.637. The van der Waals surface area contributed by atoms with E-state index < -0.39 is 0 Å². The van der Waals surface area contributed by atoms with Crippen molar-refractivity contribution < 1.29 is 14.6 Å². The van der Waals surface area contributed by atoms with Crippen LogP contribution in [0.15, 0.2) is 4.99 Å². The lowest BCUT2D eigenvalue weighted by Crippen LogP contribution is -2.46. The van der Waals surface area contributed by atoms with Crippen LogP contribution in [-0.2, 0) is 9.53 Å². The van der Waals surface area contributed by atoms with E-state index >= 15 is 0 Å². The monoisotopic (exact) mass is 354 g/mol. The summed E-state index contributed by atoms with van der Waals surface area (Å²) in [6, 6.07) is 0. The number of rotatable bonds is 8. The zero-order chi connectivity index (χ0) is 18.0. The van der Waals surface area contributed by atoms with Gasteiger partial charge in [-0.05, 0) is 25.7 Å². The van der Waals surface area contributed by atoms with Gasteiger partial charge in [-0.25, -0.2) is 0 Å². The Hall–Kier alpha value is -1.34. The van der Waals surface area contributed by atoms with Gasteiger partial charge in [-0.2, -0.15) is 0 Å². The molecule has 7 nitrogen and oxygen atoms in total. The summed E-state index contributed by atoms with van der Waals surface area (Å²) in [5, 5.41) is 18.9. The number of hydrogen-bond donors (Lipinski definition) is 4. The van der Waals surface area contributed by atoms with Gasteiger partial charge in [0.2, 0.25) is 5.91 Å². The lowest BCUT2D eigenvalue weighted by atomic mass is 9.84. The summed E-state index contributed by atoms with van der Waals surface area (Å²) >= 11 is 0. The average Bonchev–Trinajstić information content (AvgIpc) is 3.11. The Morgan fingerprint density at radius 2 is 1.96 bits per heavy atom. The van der Waals surface area contributed by atoms with E-state index in [9.17, 15) is 9.90 Å². The molecule has 0 aromatic rings. The summed E-state index contributed by atoms with van der Waals surface area (Å²) in [6.07, 6.45) is 7.34. The maximum absolute atomic E-state index is 12.1. The van der Waals surface area contributed by atoms with Gasteiger partial charge in [0, 0.05) is 51.2 Å². The van der Waals surface area contributed by atoms with Crippen molar-refractivity contribution in [3.63, 3.8) is 0 Å². The molecule has 1 saturated carbocycles. The van der Waals surface area contributed by atoms with Crippen LogP contribution in [0.3, 0.4) is 0 Å². The molecule has 4 N–H and O–H groups in total. The molecule has 2 fully saturated rings.